The number of rotatable bonds is 5. The van der Waals surface area contributed by atoms with Gasteiger partial charge < -0.3 is 16.0 Å². The Morgan fingerprint density at radius 3 is 2.72 bits per heavy atom. The molecule has 0 bridgehead atoms. The van der Waals surface area contributed by atoms with E-state index < -0.39 is 0 Å². The van der Waals surface area contributed by atoms with E-state index in [1.807, 2.05) is 37.1 Å². The van der Waals surface area contributed by atoms with Gasteiger partial charge in [0, 0.05) is 38.3 Å². The molecule has 4 nitrogen and oxygen atoms in total. The van der Waals surface area contributed by atoms with E-state index in [0.717, 1.165) is 16.8 Å². The molecule has 5 heteroatoms. The van der Waals surface area contributed by atoms with E-state index in [1.54, 1.807) is 7.05 Å². The maximum atomic E-state index is 11.2. The van der Waals surface area contributed by atoms with Crippen molar-refractivity contribution in [3.05, 3.63) is 29.3 Å². The van der Waals surface area contributed by atoms with Crippen LogP contribution in [0.25, 0.3) is 0 Å². The van der Waals surface area contributed by atoms with Gasteiger partial charge in [-0.1, -0.05) is 23.8 Å². The quantitative estimate of drug-likeness (QED) is 0.786. The maximum Gasteiger partial charge on any atom is 0.221 e. The summed E-state index contributed by atoms with van der Waals surface area (Å²) in [4.78, 5) is 13.6. The van der Waals surface area contributed by atoms with E-state index in [0.29, 0.717) is 18.0 Å². The molecule has 1 rings (SSSR count). The Hall–Kier alpha value is -1.62. The fraction of sp³-hybridized carbons (Fsp3) is 0.385. The fourth-order valence-electron chi connectivity index (χ4n) is 1.69. The van der Waals surface area contributed by atoms with Crippen molar-refractivity contribution in [2.75, 3.05) is 25.5 Å². The molecule has 18 heavy (non-hydrogen) atoms. The Morgan fingerprint density at radius 1 is 1.50 bits per heavy atom. The molecule has 1 amide bonds. The Morgan fingerprint density at radius 2 is 2.17 bits per heavy atom. The number of amides is 1. The average Bonchev–Trinajstić information content (AvgIpc) is 2.35. The molecule has 0 aliphatic heterocycles. The first kappa shape index (κ1) is 14.4. The first-order chi connectivity index (χ1) is 8.45. The van der Waals surface area contributed by atoms with Crippen molar-refractivity contribution in [1.29, 1.82) is 0 Å². The van der Waals surface area contributed by atoms with E-state index in [-0.39, 0.29) is 5.91 Å². The van der Waals surface area contributed by atoms with E-state index in [9.17, 15) is 4.79 Å². The Balaban J connectivity index is 2.88. The number of benzene rings is 1. The molecule has 3 N–H and O–H groups in total. The number of hydrogen-bond donors (Lipinski definition) is 2. The van der Waals surface area contributed by atoms with E-state index in [4.69, 9.17) is 18.0 Å². The van der Waals surface area contributed by atoms with Crippen molar-refractivity contribution in [2.24, 2.45) is 5.73 Å². The number of aryl methyl sites for hydroxylation is 1. The van der Waals surface area contributed by atoms with E-state index in [1.165, 1.54) is 0 Å². The number of carbonyl (C=O) groups is 1. The van der Waals surface area contributed by atoms with Gasteiger partial charge in [0.1, 0.15) is 4.99 Å². The molecule has 0 heterocycles. The minimum Gasteiger partial charge on any atom is -0.389 e. The Bertz CT molecular complexity index is 460. The number of thiocarbonyl (C=S) groups is 1. The van der Waals surface area contributed by atoms with Crippen LogP contribution in [0.1, 0.15) is 17.5 Å². The predicted octanol–water partition coefficient (Wildman–Crippen LogP) is 1.20. The summed E-state index contributed by atoms with van der Waals surface area (Å²) >= 11 is 5.06. The molecule has 0 atom stereocenters. The van der Waals surface area contributed by atoms with Gasteiger partial charge in [-0.2, -0.15) is 0 Å². The molecule has 1 aromatic rings. The highest BCUT2D eigenvalue weighted by Gasteiger charge is 2.10. The summed E-state index contributed by atoms with van der Waals surface area (Å²) in [6.07, 6.45) is 0.442. The fourth-order valence-corrected chi connectivity index (χ4v) is 1.86. The van der Waals surface area contributed by atoms with Crippen LogP contribution < -0.4 is 16.0 Å². The number of carbonyl (C=O) groups excluding carboxylic acids is 1. The molecular formula is C13H19N3OS. The number of anilines is 1. The lowest BCUT2D eigenvalue weighted by atomic mass is 10.1. The lowest BCUT2D eigenvalue weighted by Gasteiger charge is -2.22. The van der Waals surface area contributed by atoms with Gasteiger partial charge in [0.2, 0.25) is 5.91 Å². The van der Waals surface area contributed by atoms with Crippen LogP contribution in [0.3, 0.4) is 0 Å². The second-order valence-corrected chi connectivity index (χ2v) is 4.67. The topological polar surface area (TPSA) is 58.4 Å². The van der Waals surface area contributed by atoms with Gasteiger partial charge in [0.15, 0.2) is 0 Å². The van der Waals surface area contributed by atoms with Gasteiger partial charge in [-0.15, -0.1) is 0 Å². The second kappa shape index (κ2) is 6.35. The predicted molar refractivity (Wildman–Crippen MR) is 79.0 cm³/mol. The molecule has 0 spiro atoms. The monoisotopic (exact) mass is 265 g/mol. The molecule has 0 saturated heterocycles. The number of nitrogens with two attached hydrogens (primary N) is 1. The van der Waals surface area contributed by atoms with Gasteiger partial charge in [-0.25, -0.2) is 0 Å². The summed E-state index contributed by atoms with van der Waals surface area (Å²) in [6, 6.07) is 5.95. The van der Waals surface area contributed by atoms with E-state index in [2.05, 4.69) is 5.32 Å². The van der Waals surface area contributed by atoms with Gasteiger partial charge in [-0.3, -0.25) is 4.79 Å². The van der Waals surface area contributed by atoms with Crippen molar-refractivity contribution >= 4 is 28.8 Å². The third-order valence-electron chi connectivity index (χ3n) is 2.78. The molecular weight excluding hydrogens is 246 g/mol. The molecule has 0 fully saturated rings. The zero-order valence-corrected chi connectivity index (χ0v) is 11.8. The maximum absolute atomic E-state index is 11.2. The normalized spacial score (nSPS) is 9.94. The van der Waals surface area contributed by atoms with Crippen LogP contribution in [0.4, 0.5) is 5.69 Å². The zero-order chi connectivity index (χ0) is 13.7. The van der Waals surface area contributed by atoms with Crippen molar-refractivity contribution in [2.45, 2.75) is 13.3 Å². The standard InChI is InChI=1S/C13H19N3OS/c1-9-4-5-11(10(8-9)13(14)18)16(3)7-6-12(17)15-2/h4-5,8H,6-7H2,1-3H3,(H2,14,18)(H,15,17). The van der Waals surface area contributed by atoms with Crippen molar-refractivity contribution in [3.63, 3.8) is 0 Å². The van der Waals surface area contributed by atoms with Gasteiger partial charge in [-0.05, 0) is 19.1 Å². The highest BCUT2D eigenvalue weighted by molar-refractivity contribution is 7.80. The van der Waals surface area contributed by atoms with Gasteiger partial charge in [0.05, 0.1) is 0 Å². The number of nitrogens with one attached hydrogen (secondary N) is 1. The highest BCUT2D eigenvalue weighted by Crippen LogP contribution is 2.21. The summed E-state index contributed by atoms with van der Waals surface area (Å²) in [6.45, 7) is 2.62. The van der Waals surface area contributed by atoms with Crippen LogP contribution in [-0.4, -0.2) is 31.5 Å². The highest BCUT2D eigenvalue weighted by atomic mass is 32.1. The zero-order valence-electron chi connectivity index (χ0n) is 11.0. The first-order valence-corrected chi connectivity index (χ1v) is 6.18. The summed E-state index contributed by atoms with van der Waals surface area (Å²) in [7, 11) is 3.56. The molecule has 0 aromatic heterocycles. The van der Waals surface area contributed by atoms with Crippen molar-refractivity contribution in [3.8, 4) is 0 Å². The average molecular weight is 265 g/mol. The van der Waals surface area contributed by atoms with E-state index >= 15 is 0 Å². The number of nitrogens with zero attached hydrogens (tertiary/aromatic N) is 1. The summed E-state index contributed by atoms with van der Waals surface area (Å²) in [5.41, 5.74) is 8.65. The van der Waals surface area contributed by atoms with Crippen molar-refractivity contribution < 1.29 is 4.79 Å². The summed E-state index contributed by atoms with van der Waals surface area (Å²) in [5.74, 6) is 0.0193. The number of hydrogen-bond acceptors (Lipinski definition) is 3. The molecule has 0 aliphatic rings. The lowest BCUT2D eigenvalue weighted by molar-refractivity contribution is -0.120. The molecule has 0 radical (unpaired) electrons. The third-order valence-corrected chi connectivity index (χ3v) is 3.00. The largest absolute Gasteiger partial charge is 0.389 e. The Labute approximate surface area is 113 Å². The SMILES string of the molecule is CNC(=O)CCN(C)c1ccc(C)cc1C(N)=S. The van der Waals surface area contributed by atoms with Crippen LogP contribution in [0.5, 0.6) is 0 Å². The van der Waals surface area contributed by atoms with Gasteiger partial charge >= 0.3 is 0 Å². The molecule has 0 saturated carbocycles. The van der Waals surface area contributed by atoms with Crippen LogP contribution in [0.15, 0.2) is 18.2 Å². The molecule has 0 aliphatic carbocycles. The van der Waals surface area contributed by atoms with Crippen molar-refractivity contribution in [1.82, 2.24) is 5.32 Å². The summed E-state index contributed by atoms with van der Waals surface area (Å²) in [5, 5.41) is 2.60. The molecule has 1 aromatic carbocycles. The first-order valence-electron chi connectivity index (χ1n) is 5.78. The minimum absolute atomic E-state index is 0.0193. The lowest BCUT2D eigenvalue weighted by Crippen LogP contribution is -2.28. The van der Waals surface area contributed by atoms with Crippen LogP contribution in [0, 0.1) is 6.92 Å². The van der Waals surface area contributed by atoms with Crippen LogP contribution >= 0.6 is 12.2 Å². The van der Waals surface area contributed by atoms with Crippen LogP contribution in [0.2, 0.25) is 0 Å². The molecule has 98 valence electrons. The Kier molecular flexibility index (Phi) is 5.09. The summed E-state index contributed by atoms with van der Waals surface area (Å²) < 4.78 is 0. The van der Waals surface area contributed by atoms with Gasteiger partial charge in [0.25, 0.3) is 0 Å². The second-order valence-electron chi connectivity index (χ2n) is 4.23. The van der Waals surface area contributed by atoms with Crippen LogP contribution in [-0.2, 0) is 4.79 Å². The minimum atomic E-state index is 0.0193. The smallest absolute Gasteiger partial charge is 0.221 e. The third kappa shape index (κ3) is 3.70. The molecule has 0 unspecified atom stereocenters.